The molecule has 4 N–H and O–H groups in total. The van der Waals surface area contributed by atoms with E-state index in [0.29, 0.717) is 12.2 Å². The molecule has 0 aliphatic carbocycles. The zero-order chi connectivity index (χ0) is 21.6. The van der Waals surface area contributed by atoms with Crippen molar-refractivity contribution in [3.05, 3.63) is 24.3 Å². The molecule has 7 nitrogen and oxygen atoms in total. The van der Waals surface area contributed by atoms with E-state index in [-0.39, 0.29) is 29.6 Å². The summed E-state index contributed by atoms with van der Waals surface area (Å²) in [6.45, 7) is 9.21. The summed E-state index contributed by atoms with van der Waals surface area (Å²) in [5.41, 5.74) is 0.408. The van der Waals surface area contributed by atoms with Crippen LogP contribution in [-0.2, 0) is 9.59 Å². The summed E-state index contributed by atoms with van der Waals surface area (Å²) in [6, 6.07) is 4.86. The van der Waals surface area contributed by atoms with Crippen molar-refractivity contribution >= 4 is 17.5 Å². The number of hydrogen-bond donors (Lipinski definition) is 4. The normalized spacial score (nSPS) is 20.8. The van der Waals surface area contributed by atoms with E-state index < -0.39 is 6.36 Å². The minimum atomic E-state index is -4.75. The molecule has 2 amide bonds. The Morgan fingerprint density at radius 2 is 1.66 bits per heavy atom. The molecule has 1 aliphatic rings. The van der Waals surface area contributed by atoms with E-state index in [4.69, 9.17) is 0 Å². The van der Waals surface area contributed by atoms with Crippen LogP contribution in [0.2, 0.25) is 0 Å². The summed E-state index contributed by atoms with van der Waals surface area (Å²) < 4.78 is 40.4. The Labute approximate surface area is 168 Å². The van der Waals surface area contributed by atoms with Gasteiger partial charge in [-0.15, -0.1) is 13.2 Å². The van der Waals surface area contributed by atoms with Gasteiger partial charge in [-0.1, -0.05) is 0 Å². The molecule has 1 aromatic rings. The van der Waals surface area contributed by atoms with E-state index >= 15 is 0 Å². The van der Waals surface area contributed by atoms with Crippen molar-refractivity contribution in [1.29, 1.82) is 0 Å². The van der Waals surface area contributed by atoms with Crippen LogP contribution in [0.5, 0.6) is 5.75 Å². The maximum absolute atomic E-state index is 12.5. The lowest BCUT2D eigenvalue weighted by atomic mass is 10.2. The highest BCUT2D eigenvalue weighted by Gasteiger charge is 2.32. The summed E-state index contributed by atoms with van der Waals surface area (Å²) in [6.07, 6.45) is -4.75. The number of ether oxygens (including phenoxy) is 1. The Morgan fingerprint density at radius 3 is 2.17 bits per heavy atom. The standard InChI is InChI=1S/C19H27F3N4O3/c1-13(2)23-17(27)12-25-8-10-26(11-9-25)14(3)18(28)24-15-4-6-16(7-5-15)29-19(20,21)22/h4-7,13-14H,8-12H2,1-3H3,(H,23,27)(H,24,28)/p+2/t14-/m1/s1. The van der Waals surface area contributed by atoms with Crippen LogP contribution in [0, 0.1) is 0 Å². The van der Waals surface area contributed by atoms with Gasteiger partial charge in [-0.25, -0.2) is 0 Å². The molecule has 0 aromatic heterocycles. The van der Waals surface area contributed by atoms with Gasteiger partial charge in [0.25, 0.3) is 11.8 Å². The highest BCUT2D eigenvalue weighted by atomic mass is 19.4. The average Bonchev–Trinajstić information content (AvgIpc) is 2.61. The molecule has 0 radical (unpaired) electrons. The Morgan fingerprint density at radius 1 is 1.07 bits per heavy atom. The molecular formula is C19H29F3N4O3+2. The minimum absolute atomic E-state index is 0.0298. The lowest BCUT2D eigenvalue weighted by Gasteiger charge is -2.32. The van der Waals surface area contributed by atoms with E-state index in [2.05, 4.69) is 15.4 Å². The van der Waals surface area contributed by atoms with Crippen molar-refractivity contribution in [2.45, 2.75) is 39.2 Å². The van der Waals surface area contributed by atoms with Gasteiger partial charge in [-0.2, -0.15) is 0 Å². The van der Waals surface area contributed by atoms with Gasteiger partial charge < -0.3 is 25.2 Å². The van der Waals surface area contributed by atoms with Gasteiger partial charge in [0.1, 0.15) is 31.9 Å². The van der Waals surface area contributed by atoms with E-state index in [1.165, 1.54) is 17.0 Å². The van der Waals surface area contributed by atoms with Crippen LogP contribution in [0.25, 0.3) is 0 Å². The number of piperazine rings is 1. The highest BCUT2D eigenvalue weighted by molar-refractivity contribution is 5.93. The van der Waals surface area contributed by atoms with E-state index in [9.17, 15) is 22.8 Å². The molecule has 10 heteroatoms. The lowest BCUT2D eigenvalue weighted by Crippen LogP contribution is -3.30. The maximum Gasteiger partial charge on any atom is 0.573 e. The second kappa shape index (κ2) is 9.93. The van der Waals surface area contributed by atoms with Gasteiger partial charge in [0.2, 0.25) is 0 Å². The van der Waals surface area contributed by atoms with Crippen molar-refractivity contribution in [2.75, 3.05) is 38.0 Å². The molecule has 1 heterocycles. The van der Waals surface area contributed by atoms with Crippen molar-refractivity contribution < 1.29 is 37.3 Å². The molecule has 1 fully saturated rings. The topological polar surface area (TPSA) is 76.3 Å². The Hall–Kier alpha value is -2.33. The minimum Gasteiger partial charge on any atom is -0.406 e. The number of carbonyl (C=O) groups is 2. The fourth-order valence-electron chi connectivity index (χ4n) is 3.31. The number of hydrogen-bond acceptors (Lipinski definition) is 3. The van der Waals surface area contributed by atoms with Crippen LogP contribution >= 0.6 is 0 Å². The zero-order valence-electron chi connectivity index (χ0n) is 16.9. The van der Waals surface area contributed by atoms with Crippen molar-refractivity contribution in [3.8, 4) is 5.75 Å². The van der Waals surface area contributed by atoms with Gasteiger partial charge in [0.05, 0.1) is 0 Å². The average molecular weight is 418 g/mol. The molecule has 1 atom stereocenters. The lowest BCUT2D eigenvalue weighted by molar-refractivity contribution is -1.01. The predicted molar refractivity (Wildman–Crippen MR) is 101 cm³/mol. The van der Waals surface area contributed by atoms with E-state index in [1.807, 2.05) is 20.8 Å². The summed E-state index contributed by atoms with van der Waals surface area (Å²) in [5.74, 6) is -0.512. The summed E-state index contributed by atoms with van der Waals surface area (Å²) in [4.78, 5) is 26.7. The van der Waals surface area contributed by atoms with Crippen LogP contribution in [0.1, 0.15) is 20.8 Å². The molecule has 1 aliphatic heterocycles. The first-order valence-electron chi connectivity index (χ1n) is 9.67. The number of carbonyl (C=O) groups excluding carboxylic acids is 2. The number of quaternary nitrogens is 2. The largest absolute Gasteiger partial charge is 0.573 e. The highest BCUT2D eigenvalue weighted by Crippen LogP contribution is 2.23. The Balaban J connectivity index is 1.80. The monoisotopic (exact) mass is 418 g/mol. The maximum atomic E-state index is 12.5. The third-order valence-corrected chi connectivity index (χ3v) is 4.82. The van der Waals surface area contributed by atoms with Crippen molar-refractivity contribution in [1.82, 2.24) is 5.32 Å². The smallest absolute Gasteiger partial charge is 0.406 e. The van der Waals surface area contributed by atoms with E-state index in [0.717, 1.165) is 43.2 Å². The Bertz CT molecular complexity index is 687. The zero-order valence-corrected chi connectivity index (χ0v) is 16.9. The number of rotatable bonds is 7. The quantitative estimate of drug-likeness (QED) is 0.469. The number of nitrogens with one attached hydrogen (secondary N) is 4. The molecule has 0 bridgehead atoms. The first-order chi connectivity index (χ1) is 13.5. The third kappa shape index (κ3) is 7.90. The first-order valence-corrected chi connectivity index (χ1v) is 9.67. The van der Waals surface area contributed by atoms with Crippen LogP contribution < -0.4 is 25.2 Å². The SMILES string of the molecule is CC(C)NC(=O)C[NH+]1CC[NH+]([C@H](C)C(=O)Nc2ccc(OC(F)(F)F)cc2)CC1. The molecule has 0 spiro atoms. The van der Waals surface area contributed by atoms with Gasteiger partial charge in [-0.05, 0) is 45.0 Å². The predicted octanol–water partition coefficient (Wildman–Crippen LogP) is -0.780. The molecule has 0 saturated carbocycles. The number of halogens is 3. The molecule has 1 saturated heterocycles. The molecule has 162 valence electrons. The van der Waals surface area contributed by atoms with Crippen molar-refractivity contribution in [2.24, 2.45) is 0 Å². The molecule has 29 heavy (non-hydrogen) atoms. The van der Waals surface area contributed by atoms with Crippen LogP contribution in [0.15, 0.2) is 24.3 Å². The van der Waals surface area contributed by atoms with Crippen LogP contribution in [0.3, 0.4) is 0 Å². The third-order valence-electron chi connectivity index (χ3n) is 4.82. The van der Waals surface area contributed by atoms with Crippen molar-refractivity contribution in [3.63, 3.8) is 0 Å². The second-order valence-electron chi connectivity index (χ2n) is 7.59. The summed E-state index contributed by atoms with van der Waals surface area (Å²) in [5, 5.41) is 5.61. The fourth-order valence-corrected chi connectivity index (χ4v) is 3.31. The van der Waals surface area contributed by atoms with Gasteiger partial charge >= 0.3 is 6.36 Å². The second-order valence-corrected chi connectivity index (χ2v) is 7.59. The molecular weight excluding hydrogens is 389 g/mol. The number of alkyl halides is 3. The molecule has 1 aromatic carbocycles. The number of amides is 2. The first kappa shape index (κ1) is 23.0. The van der Waals surface area contributed by atoms with Gasteiger partial charge in [0.15, 0.2) is 12.6 Å². The van der Waals surface area contributed by atoms with Gasteiger partial charge in [-0.3, -0.25) is 9.59 Å². The number of anilines is 1. The molecule has 0 unspecified atom stereocenters. The van der Waals surface area contributed by atoms with Crippen LogP contribution in [0.4, 0.5) is 18.9 Å². The molecule has 2 rings (SSSR count). The number of benzene rings is 1. The van der Waals surface area contributed by atoms with Gasteiger partial charge in [0, 0.05) is 11.7 Å². The fraction of sp³-hybridized carbons (Fsp3) is 0.579. The van der Waals surface area contributed by atoms with E-state index in [1.54, 1.807) is 0 Å². The Kier molecular flexibility index (Phi) is 7.86. The summed E-state index contributed by atoms with van der Waals surface area (Å²) in [7, 11) is 0. The van der Waals surface area contributed by atoms with Crippen LogP contribution in [-0.4, -0.2) is 63.0 Å². The summed E-state index contributed by atoms with van der Waals surface area (Å²) >= 11 is 0.